The third-order valence-electron chi connectivity index (χ3n) is 4.07. The lowest BCUT2D eigenvalue weighted by Gasteiger charge is -2.20. The largest absolute Gasteiger partial charge is 0.380 e. The molecular formula is C15H23BrN2. The lowest BCUT2D eigenvalue weighted by atomic mass is 9.89. The van der Waals surface area contributed by atoms with E-state index in [-0.39, 0.29) is 0 Å². The molecule has 1 saturated carbocycles. The molecule has 0 amide bonds. The van der Waals surface area contributed by atoms with Crippen LogP contribution < -0.4 is 5.32 Å². The summed E-state index contributed by atoms with van der Waals surface area (Å²) >= 11 is 3.50. The molecule has 0 aromatic carbocycles. The highest BCUT2D eigenvalue weighted by atomic mass is 79.9. The molecule has 100 valence electrons. The van der Waals surface area contributed by atoms with E-state index in [9.17, 15) is 0 Å². The topological polar surface area (TPSA) is 24.9 Å². The predicted molar refractivity (Wildman–Crippen MR) is 80.8 cm³/mol. The molecule has 1 N–H and O–H groups in total. The van der Waals surface area contributed by atoms with Crippen LogP contribution in [0.25, 0.3) is 0 Å². The number of nitrogens with zero attached hydrogens (tertiary/aromatic N) is 1. The lowest BCUT2D eigenvalue weighted by molar-refractivity contribution is 0.341. The molecule has 1 aliphatic carbocycles. The van der Waals surface area contributed by atoms with Crippen molar-refractivity contribution >= 4 is 21.6 Å². The Labute approximate surface area is 119 Å². The normalized spacial score (nSPS) is 24.9. The molecule has 3 heteroatoms. The Balaban J connectivity index is 1.93. The average Bonchev–Trinajstić information content (AvgIpc) is 2.58. The van der Waals surface area contributed by atoms with Crippen molar-refractivity contribution in [1.29, 1.82) is 0 Å². The van der Waals surface area contributed by atoms with Gasteiger partial charge in [-0.1, -0.05) is 26.7 Å². The molecule has 1 heterocycles. The van der Waals surface area contributed by atoms with E-state index >= 15 is 0 Å². The standard InChI is InChI=1S/C15H23BrN2/c1-11(2)12-5-3-6-13(9-8-12)18-14-7-4-10-17-15(14)16/h4,7,10-13,18H,3,5-6,8-9H2,1-2H3. The molecule has 0 aliphatic heterocycles. The van der Waals surface area contributed by atoms with E-state index in [2.05, 4.69) is 46.1 Å². The maximum Gasteiger partial charge on any atom is 0.129 e. The molecule has 0 spiro atoms. The van der Waals surface area contributed by atoms with Crippen LogP contribution in [-0.4, -0.2) is 11.0 Å². The fourth-order valence-electron chi connectivity index (χ4n) is 2.85. The first-order chi connectivity index (χ1) is 8.66. The molecule has 2 atom stereocenters. The summed E-state index contributed by atoms with van der Waals surface area (Å²) < 4.78 is 0.926. The fraction of sp³-hybridized carbons (Fsp3) is 0.667. The molecule has 0 saturated heterocycles. The zero-order valence-corrected chi connectivity index (χ0v) is 12.9. The third-order valence-corrected chi connectivity index (χ3v) is 4.71. The Morgan fingerprint density at radius 1 is 1.28 bits per heavy atom. The first-order valence-corrected chi connectivity index (χ1v) is 7.83. The minimum atomic E-state index is 0.606. The Morgan fingerprint density at radius 2 is 2.11 bits per heavy atom. The van der Waals surface area contributed by atoms with Crippen LogP contribution in [0.3, 0.4) is 0 Å². The van der Waals surface area contributed by atoms with E-state index in [0.717, 1.165) is 22.1 Å². The van der Waals surface area contributed by atoms with Crippen LogP contribution >= 0.6 is 15.9 Å². The van der Waals surface area contributed by atoms with Crippen LogP contribution in [0.2, 0.25) is 0 Å². The first-order valence-electron chi connectivity index (χ1n) is 7.04. The van der Waals surface area contributed by atoms with Gasteiger partial charge in [0.2, 0.25) is 0 Å². The van der Waals surface area contributed by atoms with Gasteiger partial charge in [-0.2, -0.15) is 0 Å². The molecule has 2 rings (SSSR count). The van der Waals surface area contributed by atoms with E-state index in [0.29, 0.717) is 6.04 Å². The second-order valence-electron chi connectivity index (χ2n) is 5.70. The van der Waals surface area contributed by atoms with Gasteiger partial charge in [-0.3, -0.25) is 0 Å². The smallest absolute Gasteiger partial charge is 0.129 e. The summed E-state index contributed by atoms with van der Waals surface area (Å²) in [7, 11) is 0. The highest BCUT2D eigenvalue weighted by molar-refractivity contribution is 9.10. The van der Waals surface area contributed by atoms with Crippen molar-refractivity contribution in [3.63, 3.8) is 0 Å². The number of aromatic nitrogens is 1. The summed E-state index contributed by atoms with van der Waals surface area (Å²) in [5.41, 5.74) is 1.13. The molecule has 1 aromatic rings. The zero-order valence-electron chi connectivity index (χ0n) is 11.3. The minimum Gasteiger partial charge on any atom is -0.380 e. The average molecular weight is 311 g/mol. The summed E-state index contributed by atoms with van der Waals surface area (Å²) in [5.74, 6) is 1.74. The van der Waals surface area contributed by atoms with Crippen LogP contribution in [0, 0.1) is 11.8 Å². The number of halogens is 1. The summed E-state index contributed by atoms with van der Waals surface area (Å²) in [4.78, 5) is 4.27. The van der Waals surface area contributed by atoms with Crippen molar-refractivity contribution in [2.45, 2.75) is 52.0 Å². The Kier molecular flexibility index (Phi) is 5.04. The highest BCUT2D eigenvalue weighted by Crippen LogP contribution is 2.31. The van der Waals surface area contributed by atoms with Crippen molar-refractivity contribution in [1.82, 2.24) is 4.98 Å². The van der Waals surface area contributed by atoms with Crippen molar-refractivity contribution in [2.24, 2.45) is 11.8 Å². The maximum absolute atomic E-state index is 4.27. The Bertz CT molecular complexity index is 379. The quantitative estimate of drug-likeness (QED) is 0.637. The molecule has 2 nitrogen and oxygen atoms in total. The van der Waals surface area contributed by atoms with E-state index in [1.807, 2.05) is 12.3 Å². The van der Waals surface area contributed by atoms with E-state index in [4.69, 9.17) is 0 Å². The van der Waals surface area contributed by atoms with Gasteiger partial charge in [-0.15, -0.1) is 0 Å². The van der Waals surface area contributed by atoms with Crippen LogP contribution in [0.1, 0.15) is 46.0 Å². The second kappa shape index (κ2) is 6.55. The van der Waals surface area contributed by atoms with Crippen molar-refractivity contribution in [3.8, 4) is 0 Å². The number of nitrogens with one attached hydrogen (secondary N) is 1. The number of hydrogen-bond acceptors (Lipinski definition) is 2. The summed E-state index contributed by atoms with van der Waals surface area (Å²) in [6.07, 6.45) is 8.47. The van der Waals surface area contributed by atoms with Crippen molar-refractivity contribution in [3.05, 3.63) is 22.9 Å². The van der Waals surface area contributed by atoms with Gasteiger partial charge in [0.05, 0.1) is 5.69 Å². The molecule has 1 fully saturated rings. The highest BCUT2D eigenvalue weighted by Gasteiger charge is 2.21. The molecule has 1 aliphatic rings. The van der Waals surface area contributed by atoms with Gasteiger partial charge in [0.15, 0.2) is 0 Å². The number of anilines is 1. The molecule has 0 radical (unpaired) electrons. The van der Waals surface area contributed by atoms with Gasteiger partial charge in [-0.05, 0) is 59.2 Å². The molecule has 0 bridgehead atoms. The monoisotopic (exact) mass is 310 g/mol. The Hall–Kier alpha value is -0.570. The van der Waals surface area contributed by atoms with Gasteiger partial charge >= 0.3 is 0 Å². The van der Waals surface area contributed by atoms with Crippen LogP contribution in [0.4, 0.5) is 5.69 Å². The lowest BCUT2D eigenvalue weighted by Crippen LogP contribution is -2.19. The van der Waals surface area contributed by atoms with Gasteiger partial charge in [0.25, 0.3) is 0 Å². The summed E-state index contributed by atoms with van der Waals surface area (Å²) in [6, 6.07) is 4.69. The van der Waals surface area contributed by atoms with Gasteiger partial charge in [0, 0.05) is 12.2 Å². The summed E-state index contributed by atoms with van der Waals surface area (Å²) in [6.45, 7) is 4.71. The van der Waals surface area contributed by atoms with Crippen molar-refractivity contribution < 1.29 is 0 Å². The minimum absolute atomic E-state index is 0.606. The molecule has 1 aromatic heterocycles. The third kappa shape index (κ3) is 3.71. The van der Waals surface area contributed by atoms with E-state index in [1.165, 1.54) is 32.1 Å². The van der Waals surface area contributed by atoms with E-state index < -0.39 is 0 Å². The number of hydrogen-bond donors (Lipinski definition) is 1. The predicted octanol–water partition coefficient (Wildman–Crippen LogP) is 4.86. The van der Waals surface area contributed by atoms with E-state index in [1.54, 1.807) is 0 Å². The first kappa shape index (κ1) is 13.9. The van der Waals surface area contributed by atoms with Crippen LogP contribution in [0.5, 0.6) is 0 Å². The Morgan fingerprint density at radius 3 is 2.83 bits per heavy atom. The summed E-state index contributed by atoms with van der Waals surface area (Å²) in [5, 5.41) is 3.64. The van der Waals surface area contributed by atoms with Crippen molar-refractivity contribution in [2.75, 3.05) is 5.32 Å². The molecular weight excluding hydrogens is 288 g/mol. The SMILES string of the molecule is CC(C)C1CCCC(Nc2cccnc2Br)CC1. The second-order valence-corrected chi connectivity index (χ2v) is 6.45. The van der Waals surface area contributed by atoms with Gasteiger partial charge in [-0.25, -0.2) is 4.98 Å². The number of rotatable bonds is 3. The van der Waals surface area contributed by atoms with Crippen LogP contribution in [0.15, 0.2) is 22.9 Å². The fourth-order valence-corrected chi connectivity index (χ4v) is 3.22. The molecule has 2 unspecified atom stereocenters. The van der Waals surface area contributed by atoms with Gasteiger partial charge < -0.3 is 5.32 Å². The zero-order chi connectivity index (χ0) is 13.0. The van der Waals surface area contributed by atoms with Crippen LogP contribution in [-0.2, 0) is 0 Å². The maximum atomic E-state index is 4.27. The van der Waals surface area contributed by atoms with Gasteiger partial charge in [0.1, 0.15) is 4.60 Å². The number of pyridine rings is 1. The molecule has 18 heavy (non-hydrogen) atoms.